The van der Waals surface area contributed by atoms with Crippen molar-refractivity contribution in [1.82, 2.24) is 0 Å². The Hall–Kier alpha value is -2.69. The summed E-state index contributed by atoms with van der Waals surface area (Å²) in [4.78, 5) is 13.9. The Morgan fingerprint density at radius 1 is 0.783 bits per heavy atom. The third-order valence-corrected chi connectivity index (χ3v) is 3.58. The molecular formula is C18H21NO4. The average molecular weight is 315 g/mol. The SMILES string of the molecule is COc1ccc(-c2ccc(N(C)C)c(=O)cc2)c(OC)c1OC. The largest absolute Gasteiger partial charge is 0.493 e. The van der Waals surface area contributed by atoms with Gasteiger partial charge in [-0.1, -0.05) is 12.1 Å². The van der Waals surface area contributed by atoms with Crippen molar-refractivity contribution < 1.29 is 14.2 Å². The van der Waals surface area contributed by atoms with Crippen molar-refractivity contribution in [2.45, 2.75) is 0 Å². The van der Waals surface area contributed by atoms with Crippen molar-refractivity contribution in [3.05, 3.63) is 46.6 Å². The predicted molar refractivity (Wildman–Crippen MR) is 92.1 cm³/mol. The summed E-state index contributed by atoms with van der Waals surface area (Å²) in [6.07, 6.45) is 0. The summed E-state index contributed by atoms with van der Waals surface area (Å²) in [5, 5.41) is 0. The lowest BCUT2D eigenvalue weighted by Gasteiger charge is -2.15. The van der Waals surface area contributed by atoms with Crippen LogP contribution >= 0.6 is 0 Å². The lowest BCUT2D eigenvalue weighted by Crippen LogP contribution is -2.16. The minimum absolute atomic E-state index is 0.0410. The molecule has 0 saturated carbocycles. The highest BCUT2D eigenvalue weighted by molar-refractivity contribution is 5.76. The van der Waals surface area contributed by atoms with Gasteiger partial charge in [-0.3, -0.25) is 4.79 Å². The molecule has 0 radical (unpaired) electrons. The number of benzene rings is 1. The van der Waals surface area contributed by atoms with E-state index >= 15 is 0 Å². The molecule has 0 aliphatic rings. The molecule has 0 aliphatic heterocycles. The molecular weight excluding hydrogens is 294 g/mol. The number of nitrogens with zero attached hydrogens (tertiary/aromatic N) is 1. The van der Waals surface area contributed by atoms with E-state index in [4.69, 9.17) is 14.2 Å². The smallest absolute Gasteiger partial charge is 0.203 e. The van der Waals surface area contributed by atoms with Crippen LogP contribution in [0.2, 0.25) is 0 Å². The van der Waals surface area contributed by atoms with Gasteiger partial charge < -0.3 is 19.1 Å². The van der Waals surface area contributed by atoms with E-state index in [0.717, 1.165) is 11.1 Å². The molecule has 2 rings (SSSR count). The van der Waals surface area contributed by atoms with Crippen LogP contribution < -0.4 is 24.5 Å². The van der Waals surface area contributed by atoms with Crippen LogP contribution in [0.3, 0.4) is 0 Å². The van der Waals surface area contributed by atoms with Crippen molar-refractivity contribution in [1.29, 1.82) is 0 Å². The maximum atomic E-state index is 12.1. The summed E-state index contributed by atoms with van der Waals surface area (Å²) >= 11 is 0. The summed E-state index contributed by atoms with van der Waals surface area (Å²) in [5.41, 5.74) is 2.26. The first kappa shape index (κ1) is 16.7. The van der Waals surface area contributed by atoms with Gasteiger partial charge in [0, 0.05) is 19.7 Å². The fraction of sp³-hybridized carbons (Fsp3) is 0.278. The minimum Gasteiger partial charge on any atom is -0.493 e. The Labute approximate surface area is 136 Å². The van der Waals surface area contributed by atoms with Crippen molar-refractivity contribution in [2.24, 2.45) is 0 Å². The molecule has 5 heteroatoms. The molecule has 122 valence electrons. The second-order valence-corrected chi connectivity index (χ2v) is 5.15. The summed E-state index contributed by atoms with van der Waals surface area (Å²) in [6, 6.07) is 10.7. The molecule has 0 atom stereocenters. The van der Waals surface area contributed by atoms with Crippen LogP contribution in [0.5, 0.6) is 17.2 Å². The van der Waals surface area contributed by atoms with E-state index in [1.165, 1.54) is 0 Å². The maximum Gasteiger partial charge on any atom is 0.203 e. The molecule has 0 bridgehead atoms. The van der Waals surface area contributed by atoms with Gasteiger partial charge in [-0.2, -0.15) is 0 Å². The number of rotatable bonds is 5. The van der Waals surface area contributed by atoms with E-state index in [1.807, 2.05) is 32.3 Å². The predicted octanol–water partition coefficient (Wildman–Crippen LogP) is 2.81. The number of anilines is 1. The lowest BCUT2D eigenvalue weighted by molar-refractivity contribution is 0.325. The van der Waals surface area contributed by atoms with Crippen molar-refractivity contribution in [3.8, 4) is 28.4 Å². The zero-order valence-corrected chi connectivity index (χ0v) is 14.0. The quantitative estimate of drug-likeness (QED) is 0.849. The molecule has 0 heterocycles. The highest BCUT2D eigenvalue weighted by atomic mass is 16.5. The molecule has 0 aliphatic carbocycles. The zero-order chi connectivity index (χ0) is 17.0. The number of methoxy groups -OCH3 is 3. The van der Waals surface area contributed by atoms with Crippen LogP contribution in [0.15, 0.2) is 41.2 Å². The highest BCUT2D eigenvalue weighted by Crippen LogP contribution is 2.44. The normalized spacial score (nSPS) is 10.1. The average Bonchev–Trinajstić information content (AvgIpc) is 2.74. The molecule has 0 aromatic heterocycles. The summed E-state index contributed by atoms with van der Waals surface area (Å²) < 4.78 is 16.2. The van der Waals surface area contributed by atoms with E-state index < -0.39 is 0 Å². The number of hydrogen-bond acceptors (Lipinski definition) is 5. The molecule has 0 N–H and O–H groups in total. The molecule has 0 unspecified atom stereocenters. The third kappa shape index (κ3) is 3.23. The highest BCUT2D eigenvalue weighted by Gasteiger charge is 2.16. The standard InChI is InChI=1S/C18H21NO4/c1-19(2)14-9-6-12(7-10-15(14)20)13-8-11-16(21-3)18(23-5)17(13)22-4/h6-11H,1-5H3. The van der Waals surface area contributed by atoms with Crippen molar-refractivity contribution in [3.63, 3.8) is 0 Å². The third-order valence-electron chi connectivity index (χ3n) is 3.58. The molecule has 2 aromatic carbocycles. The second-order valence-electron chi connectivity index (χ2n) is 5.15. The lowest BCUT2D eigenvalue weighted by atomic mass is 10.1. The first-order chi connectivity index (χ1) is 11.0. The van der Waals surface area contributed by atoms with Crippen molar-refractivity contribution in [2.75, 3.05) is 40.3 Å². The van der Waals surface area contributed by atoms with Crippen LogP contribution in [0.25, 0.3) is 11.1 Å². The first-order valence-electron chi connectivity index (χ1n) is 7.14. The summed E-state index contributed by atoms with van der Waals surface area (Å²) in [6.45, 7) is 0. The maximum absolute atomic E-state index is 12.1. The van der Waals surface area contributed by atoms with Crippen LogP contribution in [0, 0.1) is 0 Å². The van der Waals surface area contributed by atoms with Gasteiger partial charge in [0.25, 0.3) is 0 Å². The van der Waals surface area contributed by atoms with E-state index in [1.54, 1.807) is 44.4 Å². The Bertz CT molecular complexity index is 756. The van der Waals surface area contributed by atoms with E-state index in [0.29, 0.717) is 22.9 Å². The van der Waals surface area contributed by atoms with Gasteiger partial charge in [-0.25, -0.2) is 0 Å². The Morgan fingerprint density at radius 2 is 1.43 bits per heavy atom. The molecule has 5 nitrogen and oxygen atoms in total. The van der Waals surface area contributed by atoms with E-state index in [9.17, 15) is 4.79 Å². The van der Waals surface area contributed by atoms with Crippen LogP contribution in [0.1, 0.15) is 0 Å². The van der Waals surface area contributed by atoms with Gasteiger partial charge in [-0.15, -0.1) is 0 Å². The van der Waals surface area contributed by atoms with Gasteiger partial charge in [0.15, 0.2) is 11.5 Å². The second kappa shape index (κ2) is 7.05. The molecule has 23 heavy (non-hydrogen) atoms. The van der Waals surface area contributed by atoms with Gasteiger partial charge in [0.1, 0.15) is 0 Å². The van der Waals surface area contributed by atoms with Gasteiger partial charge in [0.05, 0.1) is 27.0 Å². The fourth-order valence-electron chi connectivity index (χ4n) is 2.43. The Morgan fingerprint density at radius 3 is 2.00 bits per heavy atom. The number of hydrogen-bond donors (Lipinski definition) is 0. The molecule has 2 aromatic rings. The van der Waals surface area contributed by atoms with Gasteiger partial charge in [-0.05, 0) is 29.8 Å². The van der Waals surface area contributed by atoms with Crippen LogP contribution in [0.4, 0.5) is 5.69 Å². The molecule has 0 amide bonds. The summed E-state index contributed by atoms with van der Waals surface area (Å²) in [5.74, 6) is 1.68. The Balaban J connectivity index is 2.67. The monoisotopic (exact) mass is 315 g/mol. The van der Waals surface area contributed by atoms with E-state index in [-0.39, 0.29) is 5.43 Å². The van der Waals surface area contributed by atoms with Crippen LogP contribution in [-0.2, 0) is 0 Å². The fourth-order valence-corrected chi connectivity index (χ4v) is 2.43. The molecule has 0 spiro atoms. The molecule has 0 fully saturated rings. The Kier molecular flexibility index (Phi) is 5.11. The minimum atomic E-state index is -0.0410. The number of ether oxygens (including phenoxy) is 3. The summed E-state index contributed by atoms with van der Waals surface area (Å²) in [7, 11) is 8.40. The zero-order valence-electron chi connectivity index (χ0n) is 14.0. The molecule has 0 saturated heterocycles. The van der Waals surface area contributed by atoms with Gasteiger partial charge >= 0.3 is 0 Å². The van der Waals surface area contributed by atoms with Crippen LogP contribution in [-0.4, -0.2) is 35.4 Å². The first-order valence-corrected chi connectivity index (χ1v) is 7.14. The van der Waals surface area contributed by atoms with Gasteiger partial charge in [0.2, 0.25) is 11.2 Å². The van der Waals surface area contributed by atoms with Crippen molar-refractivity contribution >= 4 is 5.69 Å². The topological polar surface area (TPSA) is 48.0 Å². The van der Waals surface area contributed by atoms with E-state index in [2.05, 4.69) is 0 Å².